The molecule has 0 saturated heterocycles. The summed E-state index contributed by atoms with van der Waals surface area (Å²) in [6.07, 6.45) is 3.50. The summed E-state index contributed by atoms with van der Waals surface area (Å²) in [5.41, 5.74) is 1.93. The zero-order valence-corrected chi connectivity index (χ0v) is 11.8. The Bertz CT molecular complexity index is 818. The van der Waals surface area contributed by atoms with E-state index in [-0.39, 0.29) is 11.7 Å². The van der Waals surface area contributed by atoms with E-state index in [1.807, 2.05) is 17.8 Å². The Balaban J connectivity index is 1.84. The first-order valence-corrected chi connectivity index (χ1v) is 6.58. The van der Waals surface area contributed by atoms with Crippen molar-refractivity contribution >= 4 is 16.8 Å². The lowest BCUT2D eigenvalue weighted by Crippen LogP contribution is -2.25. The van der Waals surface area contributed by atoms with Gasteiger partial charge in [-0.25, -0.2) is 9.37 Å². The quantitative estimate of drug-likeness (QED) is 0.776. The fourth-order valence-corrected chi connectivity index (χ4v) is 2.34. The maximum Gasteiger partial charge on any atom is 0.268 e. The van der Waals surface area contributed by atoms with Gasteiger partial charge in [-0.3, -0.25) is 4.79 Å². The van der Waals surface area contributed by atoms with Crippen LogP contribution in [0.4, 0.5) is 4.39 Å². The predicted octanol–water partition coefficient (Wildman–Crippen LogP) is 2.28. The van der Waals surface area contributed by atoms with E-state index in [1.165, 1.54) is 12.1 Å². The number of carbonyl (C=O) groups is 1. The number of nitrogens with zero attached hydrogens (tertiary/aromatic N) is 2. The first-order chi connectivity index (χ1) is 10.1. The lowest BCUT2D eigenvalue weighted by atomic mass is 10.1. The molecule has 0 aliphatic heterocycles. The van der Waals surface area contributed by atoms with E-state index in [9.17, 15) is 9.18 Å². The van der Waals surface area contributed by atoms with Gasteiger partial charge in [-0.1, -0.05) is 0 Å². The van der Waals surface area contributed by atoms with E-state index in [1.54, 1.807) is 19.2 Å². The number of fused-ring (bicyclic) bond motifs is 1. The van der Waals surface area contributed by atoms with Crippen molar-refractivity contribution in [2.24, 2.45) is 7.05 Å². The molecule has 0 radical (unpaired) electrons. The molecular weight excluding hydrogens is 271 g/mol. The first-order valence-electron chi connectivity index (χ1n) is 6.58. The number of benzene rings is 1. The second kappa shape index (κ2) is 5.05. The number of carbonyl (C=O) groups excluding carboxylic acids is 1. The highest BCUT2D eigenvalue weighted by Gasteiger charge is 2.15. The monoisotopic (exact) mass is 286 g/mol. The summed E-state index contributed by atoms with van der Waals surface area (Å²) < 4.78 is 15.1. The van der Waals surface area contributed by atoms with Crippen molar-refractivity contribution in [3.05, 3.63) is 53.5 Å². The van der Waals surface area contributed by atoms with E-state index in [0.29, 0.717) is 12.2 Å². The summed E-state index contributed by atoms with van der Waals surface area (Å²) in [5, 5.41) is 3.53. The van der Waals surface area contributed by atoms with Gasteiger partial charge in [0.15, 0.2) is 0 Å². The number of rotatable bonds is 3. The van der Waals surface area contributed by atoms with Crippen molar-refractivity contribution in [3.8, 4) is 0 Å². The number of H-pyrrole nitrogens is 1. The third-order valence-corrected chi connectivity index (χ3v) is 3.58. The number of hydrogen-bond donors (Lipinski definition) is 2. The van der Waals surface area contributed by atoms with Crippen molar-refractivity contribution in [3.63, 3.8) is 0 Å². The van der Waals surface area contributed by atoms with Crippen LogP contribution in [0.2, 0.25) is 0 Å². The molecule has 5 nitrogen and oxygen atoms in total. The number of nitrogens with one attached hydrogen (secondary N) is 2. The minimum absolute atomic E-state index is 0.230. The maximum atomic E-state index is 13.3. The second-order valence-electron chi connectivity index (χ2n) is 4.95. The summed E-state index contributed by atoms with van der Waals surface area (Å²) in [6.45, 7) is 2.14. The van der Waals surface area contributed by atoms with Crippen molar-refractivity contribution < 1.29 is 9.18 Å². The van der Waals surface area contributed by atoms with Crippen molar-refractivity contribution in [1.29, 1.82) is 0 Å². The molecule has 2 aromatic heterocycles. The molecule has 0 fully saturated rings. The molecule has 21 heavy (non-hydrogen) atoms. The van der Waals surface area contributed by atoms with E-state index in [0.717, 1.165) is 22.3 Å². The number of aromatic nitrogens is 3. The molecule has 0 bridgehead atoms. The van der Waals surface area contributed by atoms with Gasteiger partial charge in [0, 0.05) is 30.3 Å². The summed E-state index contributed by atoms with van der Waals surface area (Å²) >= 11 is 0. The summed E-state index contributed by atoms with van der Waals surface area (Å²) in [7, 11) is 1.87. The van der Waals surface area contributed by atoms with Crippen LogP contribution in [0.25, 0.3) is 10.9 Å². The second-order valence-corrected chi connectivity index (χ2v) is 4.95. The van der Waals surface area contributed by atoms with E-state index >= 15 is 0 Å². The fraction of sp³-hybridized carbons (Fsp3) is 0.200. The Labute approximate surface area is 120 Å². The molecule has 2 heterocycles. The molecule has 6 heteroatoms. The zero-order chi connectivity index (χ0) is 15.0. The number of aromatic amines is 1. The number of amides is 1. The molecule has 1 aromatic carbocycles. The highest BCUT2D eigenvalue weighted by molar-refractivity contribution is 6.00. The first kappa shape index (κ1) is 13.4. The standard InChI is InChI=1S/C15H15FN4O/c1-9-11-7-10(16)3-4-12(11)19-14(9)15(21)18-8-13-17-5-6-20(13)2/h3-7,19H,8H2,1-2H3,(H,18,21). The molecular formula is C15H15FN4O. The Morgan fingerprint density at radius 1 is 1.48 bits per heavy atom. The van der Waals surface area contributed by atoms with Crippen LogP contribution in [0.1, 0.15) is 21.9 Å². The highest BCUT2D eigenvalue weighted by atomic mass is 19.1. The fourth-order valence-electron chi connectivity index (χ4n) is 2.34. The van der Waals surface area contributed by atoms with Gasteiger partial charge in [0.2, 0.25) is 0 Å². The van der Waals surface area contributed by atoms with E-state index < -0.39 is 0 Å². The largest absolute Gasteiger partial charge is 0.350 e. The molecule has 0 aliphatic carbocycles. The van der Waals surface area contributed by atoms with Crippen LogP contribution in [-0.4, -0.2) is 20.4 Å². The van der Waals surface area contributed by atoms with Crippen LogP contribution in [0, 0.1) is 12.7 Å². The topological polar surface area (TPSA) is 62.7 Å². The van der Waals surface area contributed by atoms with Gasteiger partial charge in [0.1, 0.15) is 17.3 Å². The zero-order valence-electron chi connectivity index (χ0n) is 11.8. The summed E-state index contributed by atoms with van der Waals surface area (Å²) in [4.78, 5) is 19.4. The highest BCUT2D eigenvalue weighted by Crippen LogP contribution is 2.22. The average molecular weight is 286 g/mol. The van der Waals surface area contributed by atoms with Crippen LogP contribution in [0.15, 0.2) is 30.6 Å². The molecule has 108 valence electrons. The van der Waals surface area contributed by atoms with Gasteiger partial charge >= 0.3 is 0 Å². The molecule has 0 spiro atoms. The number of hydrogen-bond acceptors (Lipinski definition) is 2. The minimum Gasteiger partial charge on any atom is -0.350 e. The Hall–Kier alpha value is -2.63. The third kappa shape index (κ3) is 2.40. The smallest absolute Gasteiger partial charge is 0.268 e. The third-order valence-electron chi connectivity index (χ3n) is 3.58. The normalized spacial score (nSPS) is 11.0. The van der Waals surface area contributed by atoms with Crippen LogP contribution in [0.5, 0.6) is 0 Å². The van der Waals surface area contributed by atoms with Crippen molar-refractivity contribution in [2.45, 2.75) is 13.5 Å². The molecule has 0 unspecified atom stereocenters. The number of halogens is 1. The Kier molecular flexibility index (Phi) is 3.21. The predicted molar refractivity (Wildman–Crippen MR) is 77.4 cm³/mol. The summed E-state index contributed by atoms with van der Waals surface area (Å²) in [6, 6.07) is 4.43. The lowest BCUT2D eigenvalue weighted by Gasteiger charge is -2.05. The van der Waals surface area contributed by atoms with Crippen molar-refractivity contribution in [2.75, 3.05) is 0 Å². The Morgan fingerprint density at radius 2 is 2.29 bits per heavy atom. The van der Waals surface area contributed by atoms with Gasteiger partial charge in [-0.2, -0.15) is 0 Å². The minimum atomic E-state index is -0.315. The van der Waals surface area contributed by atoms with Gasteiger partial charge in [-0.15, -0.1) is 0 Å². The molecule has 2 N–H and O–H groups in total. The SMILES string of the molecule is Cc1c(C(=O)NCc2nccn2C)[nH]c2ccc(F)cc12. The van der Waals surface area contributed by atoms with Crippen molar-refractivity contribution in [1.82, 2.24) is 19.9 Å². The molecule has 0 aliphatic rings. The lowest BCUT2D eigenvalue weighted by molar-refractivity contribution is 0.0945. The van der Waals surface area contributed by atoms with Gasteiger partial charge < -0.3 is 14.9 Å². The Morgan fingerprint density at radius 3 is 3.00 bits per heavy atom. The molecule has 0 saturated carbocycles. The van der Waals surface area contributed by atoms with Gasteiger partial charge in [-0.05, 0) is 30.7 Å². The van der Waals surface area contributed by atoms with Gasteiger partial charge in [0.05, 0.1) is 6.54 Å². The molecule has 3 aromatic rings. The summed E-state index contributed by atoms with van der Waals surface area (Å²) in [5.74, 6) is 0.222. The van der Waals surface area contributed by atoms with Crippen LogP contribution >= 0.6 is 0 Å². The number of imidazole rings is 1. The molecule has 1 amide bonds. The maximum absolute atomic E-state index is 13.3. The average Bonchev–Trinajstić information content (AvgIpc) is 3.01. The molecule has 0 atom stereocenters. The van der Waals surface area contributed by atoms with E-state index in [4.69, 9.17) is 0 Å². The van der Waals surface area contributed by atoms with E-state index in [2.05, 4.69) is 15.3 Å². The van der Waals surface area contributed by atoms with Crippen LogP contribution in [-0.2, 0) is 13.6 Å². The number of aryl methyl sites for hydroxylation is 2. The van der Waals surface area contributed by atoms with Crippen LogP contribution < -0.4 is 5.32 Å². The molecule has 3 rings (SSSR count). The van der Waals surface area contributed by atoms with Crippen LogP contribution in [0.3, 0.4) is 0 Å². The van der Waals surface area contributed by atoms with Gasteiger partial charge in [0.25, 0.3) is 5.91 Å².